The molecule has 3 heteroatoms. The Labute approximate surface area is 111 Å². The van der Waals surface area contributed by atoms with Crippen molar-refractivity contribution < 1.29 is 9.13 Å². The van der Waals surface area contributed by atoms with Crippen LogP contribution in [0.25, 0.3) is 6.08 Å². The molecular formula is C16H12FNO. The molecule has 0 atom stereocenters. The third-order valence-electron chi connectivity index (χ3n) is 2.54. The van der Waals surface area contributed by atoms with Crippen LogP contribution >= 0.6 is 0 Å². The fourth-order valence-electron chi connectivity index (χ4n) is 1.66. The van der Waals surface area contributed by atoms with E-state index in [4.69, 9.17) is 10.00 Å². The van der Waals surface area contributed by atoms with Gasteiger partial charge in [-0.3, -0.25) is 0 Å². The Morgan fingerprint density at radius 1 is 1.16 bits per heavy atom. The van der Waals surface area contributed by atoms with Crippen molar-refractivity contribution >= 4 is 6.08 Å². The monoisotopic (exact) mass is 253 g/mol. The second-order valence-electron chi connectivity index (χ2n) is 3.92. The highest BCUT2D eigenvalue weighted by Crippen LogP contribution is 2.20. The second kappa shape index (κ2) is 6.36. The van der Waals surface area contributed by atoms with E-state index in [0.717, 1.165) is 11.1 Å². The van der Waals surface area contributed by atoms with Gasteiger partial charge >= 0.3 is 0 Å². The van der Waals surface area contributed by atoms with Crippen LogP contribution in [0.2, 0.25) is 0 Å². The first kappa shape index (κ1) is 12.8. The van der Waals surface area contributed by atoms with E-state index in [2.05, 4.69) is 0 Å². The Morgan fingerprint density at radius 3 is 2.79 bits per heavy atom. The molecule has 0 aliphatic carbocycles. The number of allylic oxidation sites excluding steroid dienone is 1. The zero-order chi connectivity index (χ0) is 13.5. The van der Waals surface area contributed by atoms with Gasteiger partial charge in [-0.1, -0.05) is 30.3 Å². The number of hydrogen-bond donors (Lipinski definition) is 0. The van der Waals surface area contributed by atoms with Crippen molar-refractivity contribution in [3.8, 4) is 11.8 Å². The molecule has 0 spiro atoms. The predicted octanol–water partition coefficient (Wildman–Crippen LogP) is 3.94. The summed E-state index contributed by atoms with van der Waals surface area (Å²) >= 11 is 0. The summed E-state index contributed by atoms with van der Waals surface area (Å²) in [7, 11) is 0. The first-order valence-electron chi connectivity index (χ1n) is 5.82. The standard InChI is InChI=1S/C16H12FNO/c17-15-8-3-5-13(11-15)12-19-16-9-2-1-6-14(16)7-4-10-18/h1-9,11H,12H2. The van der Waals surface area contributed by atoms with Gasteiger partial charge < -0.3 is 4.74 Å². The Bertz CT molecular complexity index is 629. The molecule has 0 aliphatic heterocycles. The highest BCUT2D eigenvalue weighted by atomic mass is 19.1. The van der Waals surface area contributed by atoms with Gasteiger partial charge in [0.2, 0.25) is 0 Å². The van der Waals surface area contributed by atoms with E-state index in [1.165, 1.54) is 18.2 Å². The first-order valence-corrected chi connectivity index (χ1v) is 5.82. The summed E-state index contributed by atoms with van der Waals surface area (Å²) < 4.78 is 18.7. The largest absolute Gasteiger partial charge is 0.488 e. The van der Waals surface area contributed by atoms with Crippen LogP contribution in [0.4, 0.5) is 4.39 Å². The Hall–Kier alpha value is -2.60. The number of nitriles is 1. The summed E-state index contributed by atoms with van der Waals surface area (Å²) in [6.45, 7) is 0.287. The van der Waals surface area contributed by atoms with Gasteiger partial charge in [-0.05, 0) is 29.8 Å². The van der Waals surface area contributed by atoms with Gasteiger partial charge in [0.25, 0.3) is 0 Å². The van der Waals surface area contributed by atoms with Crippen LogP contribution in [0.1, 0.15) is 11.1 Å². The molecule has 0 saturated carbocycles. The summed E-state index contributed by atoms with van der Waals surface area (Å²) in [5, 5.41) is 8.54. The van der Waals surface area contributed by atoms with Crippen molar-refractivity contribution in [2.75, 3.05) is 0 Å². The second-order valence-corrected chi connectivity index (χ2v) is 3.92. The number of benzene rings is 2. The lowest BCUT2D eigenvalue weighted by Crippen LogP contribution is -1.97. The van der Waals surface area contributed by atoms with Crippen molar-refractivity contribution in [1.82, 2.24) is 0 Å². The Kier molecular flexibility index (Phi) is 4.30. The molecule has 0 fully saturated rings. The minimum atomic E-state index is -0.279. The molecule has 2 nitrogen and oxygen atoms in total. The lowest BCUT2D eigenvalue weighted by molar-refractivity contribution is 0.305. The van der Waals surface area contributed by atoms with Gasteiger partial charge in [-0.15, -0.1) is 0 Å². The molecule has 19 heavy (non-hydrogen) atoms. The fourth-order valence-corrected chi connectivity index (χ4v) is 1.66. The van der Waals surface area contributed by atoms with E-state index < -0.39 is 0 Å². The van der Waals surface area contributed by atoms with Crippen LogP contribution in [0, 0.1) is 17.1 Å². The van der Waals surface area contributed by atoms with Gasteiger partial charge in [-0.25, -0.2) is 4.39 Å². The molecule has 2 aromatic rings. The van der Waals surface area contributed by atoms with E-state index >= 15 is 0 Å². The summed E-state index contributed by atoms with van der Waals surface area (Å²) in [5.41, 5.74) is 1.58. The average Bonchev–Trinajstić information content (AvgIpc) is 2.44. The van der Waals surface area contributed by atoms with Gasteiger partial charge in [0, 0.05) is 11.6 Å². The van der Waals surface area contributed by atoms with Gasteiger partial charge in [0.1, 0.15) is 18.2 Å². The molecule has 2 rings (SSSR count). The quantitative estimate of drug-likeness (QED) is 0.773. The number of nitrogens with zero attached hydrogens (tertiary/aromatic N) is 1. The Balaban J connectivity index is 2.11. The number of hydrogen-bond acceptors (Lipinski definition) is 2. The fraction of sp³-hybridized carbons (Fsp3) is 0.0625. The van der Waals surface area contributed by atoms with Crippen molar-refractivity contribution in [3.05, 3.63) is 71.6 Å². The maximum Gasteiger partial charge on any atom is 0.127 e. The molecule has 0 aliphatic rings. The first-order chi connectivity index (χ1) is 9.29. The SMILES string of the molecule is N#CC=Cc1ccccc1OCc1cccc(F)c1. The molecule has 0 saturated heterocycles. The minimum absolute atomic E-state index is 0.279. The molecule has 0 aromatic heterocycles. The van der Waals surface area contributed by atoms with Crippen LogP contribution in [0.15, 0.2) is 54.6 Å². The van der Waals surface area contributed by atoms with Crippen molar-refractivity contribution in [1.29, 1.82) is 5.26 Å². The lowest BCUT2D eigenvalue weighted by Gasteiger charge is -2.09. The third-order valence-corrected chi connectivity index (χ3v) is 2.54. The number of rotatable bonds is 4. The van der Waals surface area contributed by atoms with Crippen LogP contribution < -0.4 is 4.74 Å². The van der Waals surface area contributed by atoms with E-state index in [0.29, 0.717) is 5.75 Å². The minimum Gasteiger partial charge on any atom is -0.488 e. The summed E-state index contributed by atoms with van der Waals surface area (Å²) in [6, 6.07) is 15.6. The normalized spacial score (nSPS) is 10.3. The molecule has 0 N–H and O–H groups in total. The topological polar surface area (TPSA) is 33.0 Å². The molecular weight excluding hydrogens is 241 g/mol. The molecule has 0 bridgehead atoms. The molecule has 0 unspecified atom stereocenters. The molecule has 94 valence electrons. The zero-order valence-corrected chi connectivity index (χ0v) is 10.2. The van der Waals surface area contributed by atoms with E-state index in [1.807, 2.05) is 30.3 Å². The number of para-hydroxylation sites is 1. The Morgan fingerprint density at radius 2 is 2.00 bits per heavy atom. The number of halogens is 1. The summed E-state index contributed by atoms with van der Waals surface area (Å²) in [6.07, 6.45) is 3.07. The molecule has 2 aromatic carbocycles. The van der Waals surface area contributed by atoms with E-state index in [-0.39, 0.29) is 12.4 Å². The molecule has 0 amide bonds. The molecule has 0 radical (unpaired) electrons. The maximum absolute atomic E-state index is 13.0. The van der Waals surface area contributed by atoms with E-state index in [1.54, 1.807) is 18.2 Å². The molecule has 0 heterocycles. The van der Waals surface area contributed by atoms with Crippen LogP contribution in [-0.2, 0) is 6.61 Å². The van der Waals surface area contributed by atoms with Crippen LogP contribution in [0.3, 0.4) is 0 Å². The zero-order valence-electron chi connectivity index (χ0n) is 10.2. The van der Waals surface area contributed by atoms with Crippen LogP contribution in [-0.4, -0.2) is 0 Å². The summed E-state index contributed by atoms with van der Waals surface area (Å²) in [4.78, 5) is 0. The third kappa shape index (κ3) is 3.68. The number of ether oxygens (including phenoxy) is 1. The van der Waals surface area contributed by atoms with Gasteiger partial charge in [0.15, 0.2) is 0 Å². The highest BCUT2D eigenvalue weighted by molar-refractivity contribution is 5.58. The van der Waals surface area contributed by atoms with Gasteiger partial charge in [-0.2, -0.15) is 5.26 Å². The van der Waals surface area contributed by atoms with Crippen molar-refractivity contribution in [2.45, 2.75) is 6.61 Å². The average molecular weight is 253 g/mol. The van der Waals surface area contributed by atoms with Crippen molar-refractivity contribution in [3.63, 3.8) is 0 Å². The van der Waals surface area contributed by atoms with Gasteiger partial charge in [0.05, 0.1) is 6.07 Å². The van der Waals surface area contributed by atoms with Crippen molar-refractivity contribution in [2.24, 2.45) is 0 Å². The predicted molar refractivity (Wildman–Crippen MR) is 71.8 cm³/mol. The summed E-state index contributed by atoms with van der Waals surface area (Å²) in [5.74, 6) is 0.386. The highest BCUT2D eigenvalue weighted by Gasteiger charge is 2.01. The maximum atomic E-state index is 13.0. The lowest BCUT2D eigenvalue weighted by atomic mass is 10.2. The smallest absolute Gasteiger partial charge is 0.127 e. The van der Waals surface area contributed by atoms with E-state index in [9.17, 15) is 4.39 Å². The van der Waals surface area contributed by atoms with Crippen LogP contribution in [0.5, 0.6) is 5.75 Å².